The third-order valence-electron chi connectivity index (χ3n) is 7.51. The normalized spacial score (nSPS) is 18.4. The second-order valence-corrected chi connectivity index (χ2v) is 9.95. The highest BCUT2D eigenvalue weighted by Crippen LogP contribution is 2.31. The van der Waals surface area contributed by atoms with Crippen LogP contribution in [0.15, 0.2) is 54.6 Å². The minimum Gasteiger partial charge on any atom is -0.492 e. The minimum atomic E-state index is -0.0170. The number of aromatic nitrogens is 2. The zero-order valence-electron chi connectivity index (χ0n) is 20.2. The number of fused-ring (bicyclic) bond motifs is 2. The third-order valence-corrected chi connectivity index (χ3v) is 7.51. The van der Waals surface area contributed by atoms with Crippen molar-refractivity contribution in [2.75, 3.05) is 26.2 Å². The van der Waals surface area contributed by atoms with E-state index in [-0.39, 0.29) is 5.91 Å². The van der Waals surface area contributed by atoms with Gasteiger partial charge in [-0.15, -0.1) is 0 Å². The molecule has 0 radical (unpaired) electrons. The molecule has 1 aliphatic heterocycles. The SMILES string of the molecule is CCN1CCC[C@H]1COc1ccc2cc(-c3n[nH]c4ccc(C(=O)NCC5CC5)cc34)ccc2c1. The number of hydrogen-bond acceptors (Lipinski definition) is 4. The number of likely N-dealkylation sites (N-methyl/N-ethyl adjacent to an activating group) is 1. The van der Waals surface area contributed by atoms with Crippen LogP contribution < -0.4 is 10.1 Å². The zero-order chi connectivity index (χ0) is 23.8. The molecule has 2 heterocycles. The van der Waals surface area contributed by atoms with E-state index in [0.717, 1.165) is 58.4 Å². The number of nitrogens with one attached hydrogen (secondary N) is 2. The van der Waals surface area contributed by atoms with Crippen LogP contribution in [0.1, 0.15) is 43.0 Å². The van der Waals surface area contributed by atoms with E-state index in [9.17, 15) is 4.79 Å². The molecule has 1 aliphatic carbocycles. The maximum atomic E-state index is 12.6. The molecule has 1 saturated carbocycles. The topological polar surface area (TPSA) is 70.2 Å². The first-order valence-corrected chi connectivity index (χ1v) is 12.9. The van der Waals surface area contributed by atoms with Gasteiger partial charge in [0.1, 0.15) is 12.4 Å². The molecule has 1 aromatic heterocycles. The summed E-state index contributed by atoms with van der Waals surface area (Å²) in [6.45, 7) is 6.00. The highest BCUT2D eigenvalue weighted by atomic mass is 16.5. The van der Waals surface area contributed by atoms with Crippen LogP contribution in [-0.4, -0.2) is 53.3 Å². The quantitative estimate of drug-likeness (QED) is 0.364. The Balaban J connectivity index is 1.22. The number of likely N-dealkylation sites (tertiary alicyclic amines) is 1. The number of hydrogen-bond donors (Lipinski definition) is 2. The molecule has 2 aliphatic rings. The number of rotatable bonds is 8. The summed E-state index contributed by atoms with van der Waals surface area (Å²) in [6, 6.07) is 18.9. The van der Waals surface area contributed by atoms with Gasteiger partial charge in [0.2, 0.25) is 0 Å². The molecular formula is C29H32N4O2. The van der Waals surface area contributed by atoms with Crippen LogP contribution in [0.25, 0.3) is 32.9 Å². The van der Waals surface area contributed by atoms with Crippen LogP contribution in [0, 0.1) is 5.92 Å². The fourth-order valence-corrected chi connectivity index (χ4v) is 5.19. The van der Waals surface area contributed by atoms with Gasteiger partial charge < -0.3 is 10.1 Å². The molecule has 2 N–H and O–H groups in total. The van der Waals surface area contributed by atoms with Crippen molar-refractivity contribution in [3.05, 3.63) is 60.2 Å². The van der Waals surface area contributed by atoms with Crippen LogP contribution in [-0.2, 0) is 0 Å². The first-order chi connectivity index (χ1) is 17.2. The summed E-state index contributed by atoms with van der Waals surface area (Å²) < 4.78 is 6.17. The van der Waals surface area contributed by atoms with Crippen molar-refractivity contribution in [1.29, 1.82) is 0 Å². The van der Waals surface area contributed by atoms with Gasteiger partial charge in [0.05, 0.1) is 11.2 Å². The molecule has 180 valence electrons. The van der Waals surface area contributed by atoms with Gasteiger partial charge in [-0.25, -0.2) is 0 Å². The highest BCUT2D eigenvalue weighted by Gasteiger charge is 2.24. The third kappa shape index (κ3) is 4.63. The molecule has 4 aromatic rings. The van der Waals surface area contributed by atoms with Gasteiger partial charge in [-0.05, 0) is 91.9 Å². The number of H-pyrrole nitrogens is 1. The lowest BCUT2D eigenvalue weighted by Crippen LogP contribution is -2.33. The molecule has 2 fully saturated rings. The maximum Gasteiger partial charge on any atom is 0.251 e. The number of carbonyl (C=O) groups excluding carboxylic acids is 1. The van der Waals surface area contributed by atoms with Crippen LogP contribution in [0.3, 0.4) is 0 Å². The summed E-state index contributed by atoms with van der Waals surface area (Å²) in [5.41, 5.74) is 3.49. The number of carbonyl (C=O) groups is 1. The Morgan fingerprint density at radius 2 is 1.94 bits per heavy atom. The largest absolute Gasteiger partial charge is 0.492 e. The average Bonchev–Trinajstić information content (AvgIpc) is 3.44. The lowest BCUT2D eigenvalue weighted by atomic mass is 10.0. The van der Waals surface area contributed by atoms with Crippen molar-refractivity contribution >= 4 is 27.6 Å². The fourth-order valence-electron chi connectivity index (χ4n) is 5.19. The van der Waals surface area contributed by atoms with Crippen LogP contribution >= 0.6 is 0 Å². The second kappa shape index (κ2) is 9.34. The molecule has 1 amide bonds. The molecule has 0 unspecified atom stereocenters. The van der Waals surface area contributed by atoms with E-state index in [1.54, 1.807) is 0 Å². The van der Waals surface area contributed by atoms with Gasteiger partial charge >= 0.3 is 0 Å². The van der Waals surface area contributed by atoms with Gasteiger partial charge in [0.15, 0.2) is 0 Å². The Hall–Kier alpha value is -3.38. The Bertz CT molecular complexity index is 1370. The van der Waals surface area contributed by atoms with Gasteiger partial charge in [-0.3, -0.25) is 14.8 Å². The fraction of sp³-hybridized carbons (Fsp3) is 0.379. The summed E-state index contributed by atoms with van der Waals surface area (Å²) in [5, 5.41) is 14.0. The monoisotopic (exact) mass is 468 g/mol. The van der Waals surface area contributed by atoms with Gasteiger partial charge in [-0.1, -0.05) is 25.1 Å². The number of amides is 1. The van der Waals surface area contributed by atoms with Crippen LogP contribution in [0.2, 0.25) is 0 Å². The predicted molar refractivity (Wildman–Crippen MR) is 140 cm³/mol. The summed E-state index contributed by atoms with van der Waals surface area (Å²) in [6.07, 6.45) is 4.92. The number of aromatic amines is 1. The second-order valence-electron chi connectivity index (χ2n) is 9.95. The van der Waals surface area contributed by atoms with Crippen molar-refractivity contribution in [3.8, 4) is 17.0 Å². The first kappa shape index (κ1) is 22.1. The van der Waals surface area contributed by atoms with Crippen molar-refractivity contribution in [1.82, 2.24) is 20.4 Å². The highest BCUT2D eigenvalue weighted by molar-refractivity contribution is 6.02. The molecule has 0 bridgehead atoms. The van der Waals surface area contributed by atoms with Gasteiger partial charge in [0, 0.05) is 29.1 Å². The lowest BCUT2D eigenvalue weighted by molar-refractivity contribution is 0.0952. The van der Waals surface area contributed by atoms with E-state index in [2.05, 4.69) is 63.7 Å². The number of nitrogens with zero attached hydrogens (tertiary/aromatic N) is 2. The molecule has 35 heavy (non-hydrogen) atoms. The molecular weight excluding hydrogens is 436 g/mol. The predicted octanol–water partition coefficient (Wildman–Crippen LogP) is 5.39. The van der Waals surface area contributed by atoms with Crippen LogP contribution in [0.5, 0.6) is 5.75 Å². The maximum absolute atomic E-state index is 12.6. The van der Waals surface area contributed by atoms with E-state index >= 15 is 0 Å². The van der Waals surface area contributed by atoms with E-state index in [0.29, 0.717) is 17.5 Å². The Morgan fingerprint density at radius 1 is 1.09 bits per heavy atom. The van der Waals surface area contributed by atoms with E-state index in [1.807, 2.05) is 18.2 Å². The molecule has 1 atom stereocenters. The van der Waals surface area contributed by atoms with Crippen molar-refractivity contribution in [3.63, 3.8) is 0 Å². The number of ether oxygens (including phenoxy) is 1. The smallest absolute Gasteiger partial charge is 0.251 e. The molecule has 6 nitrogen and oxygen atoms in total. The summed E-state index contributed by atoms with van der Waals surface area (Å²) in [5.74, 6) is 1.56. The Morgan fingerprint density at radius 3 is 2.80 bits per heavy atom. The van der Waals surface area contributed by atoms with E-state index in [4.69, 9.17) is 4.74 Å². The molecule has 6 heteroatoms. The Kier molecular flexibility index (Phi) is 5.90. The molecule has 6 rings (SSSR count). The molecule has 3 aromatic carbocycles. The van der Waals surface area contributed by atoms with Gasteiger partial charge in [-0.2, -0.15) is 5.10 Å². The molecule has 0 spiro atoms. The van der Waals surface area contributed by atoms with Crippen LogP contribution in [0.4, 0.5) is 0 Å². The Labute approximate surface area is 205 Å². The van der Waals surface area contributed by atoms with E-state index < -0.39 is 0 Å². The summed E-state index contributed by atoms with van der Waals surface area (Å²) >= 11 is 0. The standard InChI is InChI=1S/C29H32N4O2/c1-2-33-13-3-4-24(33)18-35-25-11-9-20-14-22(8-7-21(20)15-25)28-26-16-23(10-12-27(26)31-32-28)29(34)30-17-19-5-6-19/h7-12,14-16,19,24H,2-6,13,17-18H2,1H3,(H,30,34)(H,31,32)/t24-/m0/s1. The summed E-state index contributed by atoms with van der Waals surface area (Å²) in [7, 11) is 0. The van der Waals surface area contributed by atoms with Crippen molar-refractivity contribution in [2.24, 2.45) is 5.92 Å². The molecule has 1 saturated heterocycles. The zero-order valence-corrected chi connectivity index (χ0v) is 20.2. The minimum absolute atomic E-state index is 0.0170. The summed E-state index contributed by atoms with van der Waals surface area (Å²) in [4.78, 5) is 15.1. The van der Waals surface area contributed by atoms with Crippen molar-refractivity contribution < 1.29 is 9.53 Å². The van der Waals surface area contributed by atoms with E-state index in [1.165, 1.54) is 32.2 Å². The van der Waals surface area contributed by atoms with Gasteiger partial charge in [0.25, 0.3) is 5.91 Å². The lowest BCUT2D eigenvalue weighted by Gasteiger charge is -2.22. The first-order valence-electron chi connectivity index (χ1n) is 12.9. The average molecular weight is 469 g/mol. The van der Waals surface area contributed by atoms with Crippen molar-refractivity contribution in [2.45, 2.75) is 38.6 Å². The number of benzene rings is 3.